The molecular formula is C19H22N2O. The Kier molecular flexibility index (Phi) is 3.38. The Hall–Kier alpha value is -1.87. The average Bonchev–Trinajstić information content (AvgIpc) is 3.39. The molecule has 0 amide bonds. The van der Waals surface area contributed by atoms with Gasteiger partial charge in [0.05, 0.1) is 5.69 Å². The molecule has 0 aliphatic heterocycles. The van der Waals surface area contributed by atoms with Crippen molar-refractivity contribution in [1.82, 2.24) is 4.57 Å². The predicted molar refractivity (Wildman–Crippen MR) is 88.9 cm³/mol. The molecule has 3 heteroatoms. The minimum atomic E-state index is 0.0974. The zero-order valence-corrected chi connectivity index (χ0v) is 12.8. The van der Waals surface area contributed by atoms with Gasteiger partial charge >= 0.3 is 0 Å². The normalized spacial score (nSPS) is 17.3. The standard InChI is InChI=1S/C19H22N2O/c20-12-16-7-10-18(21(19(16)22)17-8-9-17)15-6-5-13-3-1-2-4-14(13)11-15/h5-7,10-11,17H,1-4,8-9,12,20H2. The van der Waals surface area contributed by atoms with E-state index in [1.807, 2.05) is 10.6 Å². The summed E-state index contributed by atoms with van der Waals surface area (Å²) in [6.45, 7) is 0.315. The number of aryl methyl sites for hydroxylation is 2. The summed E-state index contributed by atoms with van der Waals surface area (Å²) in [7, 11) is 0. The van der Waals surface area contributed by atoms with Crippen LogP contribution < -0.4 is 11.3 Å². The second-order valence-electron chi connectivity index (χ2n) is 6.54. The third kappa shape index (κ3) is 2.30. The van der Waals surface area contributed by atoms with Crippen molar-refractivity contribution in [3.05, 3.63) is 57.4 Å². The summed E-state index contributed by atoms with van der Waals surface area (Å²) in [5.74, 6) is 0. The summed E-state index contributed by atoms with van der Waals surface area (Å²) < 4.78 is 1.98. The van der Waals surface area contributed by atoms with E-state index in [9.17, 15) is 4.79 Å². The van der Waals surface area contributed by atoms with Gasteiger partial charge in [-0.2, -0.15) is 0 Å². The van der Waals surface area contributed by atoms with Crippen LogP contribution in [0.3, 0.4) is 0 Å². The molecule has 2 aliphatic rings. The van der Waals surface area contributed by atoms with Crippen molar-refractivity contribution < 1.29 is 0 Å². The monoisotopic (exact) mass is 294 g/mol. The van der Waals surface area contributed by atoms with Gasteiger partial charge in [-0.05, 0) is 67.3 Å². The number of benzene rings is 1. The number of fused-ring (bicyclic) bond motifs is 1. The number of pyridine rings is 1. The van der Waals surface area contributed by atoms with E-state index in [1.54, 1.807) is 0 Å². The number of hydrogen-bond donors (Lipinski definition) is 1. The van der Waals surface area contributed by atoms with Gasteiger partial charge in [0.15, 0.2) is 0 Å². The van der Waals surface area contributed by atoms with Crippen LogP contribution in [0, 0.1) is 0 Å². The molecule has 2 aliphatic carbocycles. The third-order valence-corrected chi connectivity index (χ3v) is 4.97. The van der Waals surface area contributed by atoms with E-state index in [1.165, 1.54) is 36.0 Å². The highest BCUT2D eigenvalue weighted by Gasteiger charge is 2.28. The number of aromatic nitrogens is 1. The molecule has 1 heterocycles. The predicted octanol–water partition coefficient (Wildman–Crippen LogP) is 3.19. The molecule has 4 rings (SSSR count). The second kappa shape index (κ2) is 5.40. The Bertz CT molecular complexity index is 771. The minimum Gasteiger partial charge on any atom is -0.326 e. The van der Waals surface area contributed by atoms with E-state index in [4.69, 9.17) is 5.73 Å². The first-order valence-electron chi connectivity index (χ1n) is 8.34. The lowest BCUT2D eigenvalue weighted by molar-refractivity contribution is 0.684. The van der Waals surface area contributed by atoms with Crippen molar-refractivity contribution in [3.63, 3.8) is 0 Å². The van der Waals surface area contributed by atoms with Gasteiger partial charge in [-0.25, -0.2) is 0 Å². The number of rotatable bonds is 3. The Balaban J connectivity index is 1.85. The van der Waals surface area contributed by atoms with Gasteiger partial charge in [0, 0.05) is 18.2 Å². The maximum absolute atomic E-state index is 12.6. The van der Waals surface area contributed by atoms with Gasteiger partial charge in [-0.3, -0.25) is 4.79 Å². The molecule has 0 saturated heterocycles. The van der Waals surface area contributed by atoms with Crippen molar-refractivity contribution in [2.75, 3.05) is 0 Å². The molecule has 2 aromatic rings. The fourth-order valence-corrected chi connectivity index (χ4v) is 3.57. The van der Waals surface area contributed by atoms with Crippen molar-refractivity contribution in [2.45, 2.75) is 51.1 Å². The van der Waals surface area contributed by atoms with Crippen LogP contribution in [0.25, 0.3) is 11.3 Å². The van der Waals surface area contributed by atoms with Crippen LogP contribution in [0.1, 0.15) is 48.4 Å². The largest absolute Gasteiger partial charge is 0.326 e. The first-order chi connectivity index (χ1) is 10.8. The maximum Gasteiger partial charge on any atom is 0.255 e. The molecule has 114 valence electrons. The van der Waals surface area contributed by atoms with Crippen LogP contribution >= 0.6 is 0 Å². The molecule has 1 fully saturated rings. The van der Waals surface area contributed by atoms with E-state index in [-0.39, 0.29) is 5.56 Å². The smallest absolute Gasteiger partial charge is 0.255 e. The quantitative estimate of drug-likeness (QED) is 0.945. The van der Waals surface area contributed by atoms with Crippen LogP contribution in [0.4, 0.5) is 0 Å². The summed E-state index contributed by atoms with van der Waals surface area (Å²) in [5, 5.41) is 0. The van der Waals surface area contributed by atoms with Crippen molar-refractivity contribution in [3.8, 4) is 11.3 Å². The average molecular weight is 294 g/mol. The lowest BCUT2D eigenvalue weighted by Crippen LogP contribution is -2.25. The summed E-state index contributed by atoms with van der Waals surface area (Å²) in [6.07, 6.45) is 7.13. The van der Waals surface area contributed by atoms with Crippen LogP contribution in [0.15, 0.2) is 35.1 Å². The highest BCUT2D eigenvalue weighted by Crippen LogP contribution is 2.37. The van der Waals surface area contributed by atoms with Crippen molar-refractivity contribution in [1.29, 1.82) is 0 Å². The van der Waals surface area contributed by atoms with Gasteiger partial charge in [0.1, 0.15) is 0 Å². The molecule has 2 N–H and O–H groups in total. The lowest BCUT2D eigenvalue weighted by Gasteiger charge is -2.19. The summed E-state index contributed by atoms with van der Waals surface area (Å²) >= 11 is 0. The van der Waals surface area contributed by atoms with Crippen LogP contribution in [0.5, 0.6) is 0 Å². The molecule has 1 saturated carbocycles. The van der Waals surface area contributed by atoms with Gasteiger partial charge < -0.3 is 10.3 Å². The SMILES string of the molecule is NCc1ccc(-c2ccc3c(c2)CCCC3)n(C2CC2)c1=O. The fraction of sp³-hybridized carbons (Fsp3) is 0.421. The molecule has 0 unspecified atom stereocenters. The van der Waals surface area contributed by atoms with E-state index >= 15 is 0 Å². The summed E-state index contributed by atoms with van der Waals surface area (Å²) in [5.41, 5.74) is 11.7. The van der Waals surface area contributed by atoms with Gasteiger partial charge in [-0.15, -0.1) is 0 Å². The molecule has 0 radical (unpaired) electrons. The number of nitrogens with zero attached hydrogens (tertiary/aromatic N) is 1. The molecule has 3 nitrogen and oxygen atoms in total. The molecular weight excluding hydrogens is 272 g/mol. The van der Waals surface area contributed by atoms with Crippen LogP contribution in [-0.4, -0.2) is 4.57 Å². The van der Waals surface area contributed by atoms with Gasteiger partial charge in [-0.1, -0.05) is 18.2 Å². The highest BCUT2D eigenvalue weighted by atomic mass is 16.1. The van der Waals surface area contributed by atoms with Crippen molar-refractivity contribution in [2.24, 2.45) is 5.73 Å². The molecule has 22 heavy (non-hydrogen) atoms. The van der Waals surface area contributed by atoms with Gasteiger partial charge in [0.2, 0.25) is 0 Å². The second-order valence-corrected chi connectivity index (χ2v) is 6.54. The zero-order valence-electron chi connectivity index (χ0n) is 12.8. The van der Waals surface area contributed by atoms with E-state index in [0.717, 1.165) is 25.0 Å². The van der Waals surface area contributed by atoms with Crippen LogP contribution in [0.2, 0.25) is 0 Å². The molecule has 1 aromatic carbocycles. The maximum atomic E-state index is 12.6. The minimum absolute atomic E-state index is 0.0974. The molecule has 0 spiro atoms. The first-order valence-corrected chi connectivity index (χ1v) is 8.34. The number of hydrogen-bond acceptors (Lipinski definition) is 2. The summed E-state index contributed by atoms with van der Waals surface area (Å²) in [4.78, 5) is 12.6. The third-order valence-electron chi connectivity index (χ3n) is 4.97. The molecule has 0 bridgehead atoms. The lowest BCUT2D eigenvalue weighted by atomic mass is 9.90. The topological polar surface area (TPSA) is 48.0 Å². The Morgan fingerprint density at radius 2 is 1.82 bits per heavy atom. The summed E-state index contributed by atoms with van der Waals surface area (Å²) in [6, 6.07) is 11.1. The molecule has 0 atom stereocenters. The van der Waals surface area contributed by atoms with E-state index in [2.05, 4.69) is 24.3 Å². The highest BCUT2D eigenvalue weighted by molar-refractivity contribution is 5.62. The zero-order chi connectivity index (χ0) is 15.1. The Labute approximate surface area is 130 Å². The van der Waals surface area contributed by atoms with E-state index in [0.29, 0.717) is 18.2 Å². The van der Waals surface area contributed by atoms with Gasteiger partial charge in [0.25, 0.3) is 5.56 Å². The number of nitrogens with two attached hydrogens (primary N) is 1. The first kappa shape index (κ1) is 13.8. The van der Waals surface area contributed by atoms with E-state index < -0.39 is 0 Å². The fourth-order valence-electron chi connectivity index (χ4n) is 3.57. The Morgan fingerprint density at radius 1 is 1.05 bits per heavy atom. The van der Waals surface area contributed by atoms with Crippen molar-refractivity contribution >= 4 is 0 Å². The van der Waals surface area contributed by atoms with Crippen LogP contribution in [-0.2, 0) is 19.4 Å². The molecule has 1 aromatic heterocycles. The Morgan fingerprint density at radius 3 is 2.55 bits per heavy atom.